The normalized spacial score (nSPS) is 30.7. The zero-order chi connectivity index (χ0) is 13.8. The van der Waals surface area contributed by atoms with E-state index < -0.39 is 24.4 Å². The second-order valence-corrected chi connectivity index (χ2v) is 5.07. The number of aliphatic hydroxyl groups is 3. The maximum Gasteiger partial charge on any atom is 0.111 e. The molecule has 1 aliphatic heterocycles. The molecule has 4 N–H and O–H groups in total. The van der Waals surface area contributed by atoms with Gasteiger partial charge in [0.15, 0.2) is 0 Å². The van der Waals surface area contributed by atoms with Gasteiger partial charge >= 0.3 is 0 Å². The van der Waals surface area contributed by atoms with Crippen LogP contribution in [-0.4, -0.2) is 52.9 Å². The summed E-state index contributed by atoms with van der Waals surface area (Å²) in [4.78, 5) is 0. The van der Waals surface area contributed by atoms with Gasteiger partial charge in [-0.15, -0.1) is 0 Å². The Morgan fingerprint density at radius 2 is 1.95 bits per heavy atom. The molecule has 19 heavy (non-hydrogen) atoms. The van der Waals surface area contributed by atoms with Crippen molar-refractivity contribution in [2.75, 3.05) is 13.2 Å². The number of nitrogens with one attached hydrogen (secondary N) is 1. The molecule has 5 nitrogen and oxygen atoms in total. The van der Waals surface area contributed by atoms with Crippen molar-refractivity contribution >= 4 is 11.6 Å². The molecule has 0 aromatic heterocycles. The van der Waals surface area contributed by atoms with Gasteiger partial charge in [-0.1, -0.05) is 23.7 Å². The molecule has 1 heterocycles. The Hall–Kier alpha value is -0.690. The highest BCUT2D eigenvalue weighted by Crippen LogP contribution is 2.20. The fourth-order valence-corrected chi connectivity index (χ4v) is 2.36. The first-order chi connectivity index (χ1) is 9.11. The van der Waals surface area contributed by atoms with Crippen LogP contribution in [0.15, 0.2) is 24.3 Å². The highest BCUT2D eigenvalue weighted by atomic mass is 35.5. The van der Waals surface area contributed by atoms with E-state index in [9.17, 15) is 10.2 Å². The Bertz CT molecular complexity index is 417. The molecule has 2 rings (SSSR count). The zero-order valence-corrected chi connectivity index (χ0v) is 11.1. The van der Waals surface area contributed by atoms with E-state index in [1.165, 1.54) is 0 Å². The van der Waals surface area contributed by atoms with Gasteiger partial charge in [0, 0.05) is 18.1 Å². The summed E-state index contributed by atoms with van der Waals surface area (Å²) in [5, 5.41) is 32.1. The second-order valence-electron chi connectivity index (χ2n) is 4.64. The molecule has 0 amide bonds. The van der Waals surface area contributed by atoms with Crippen LogP contribution in [0.2, 0.25) is 5.02 Å². The molecule has 106 valence electrons. The third-order valence-electron chi connectivity index (χ3n) is 3.20. The minimum absolute atomic E-state index is 0.303. The van der Waals surface area contributed by atoms with Crippen LogP contribution < -0.4 is 5.32 Å². The van der Waals surface area contributed by atoms with Crippen LogP contribution in [0.4, 0.5) is 0 Å². The first-order valence-electron chi connectivity index (χ1n) is 6.19. The van der Waals surface area contributed by atoms with Gasteiger partial charge in [0.25, 0.3) is 0 Å². The quantitative estimate of drug-likeness (QED) is 0.609. The molecule has 1 aliphatic rings. The Morgan fingerprint density at radius 3 is 2.58 bits per heavy atom. The number of rotatable bonds is 5. The van der Waals surface area contributed by atoms with Crippen molar-refractivity contribution in [3.63, 3.8) is 0 Å². The van der Waals surface area contributed by atoms with Gasteiger partial charge in [0.2, 0.25) is 0 Å². The average molecular weight is 288 g/mol. The van der Waals surface area contributed by atoms with Crippen molar-refractivity contribution in [1.82, 2.24) is 5.32 Å². The average Bonchev–Trinajstić information content (AvgIpc) is 2.67. The van der Waals surface area contributed by atoms with E-state index in [0.717, 1.165) is 5.56 Å². The van der Waals surface area contributed by atoms with Gasteiger partial charge in [0.1, 0.15) is 18.3 Å². The maximum absolute atomic E-state index is 9.75. The van der Waals surface area contributed by atoms with Crippen LogP contribution in [0.5, 0.6) is 0 Å². The third-order valence-corrected chi connectivity index (χ3v) is 3.44. The van der Waals surface area contributed by atoms with Crippen LogP contribution in [0.25, 0.3) is 0 Å². The smallest absolute Gasteiger partial charge is 0.111 e. The molecule has 6 heteroatoms. The molecular weight excluding hydrogens is 270 g/mol. The molecule has 0 saturated carbocycles. The Balaban J connectivity index is 1.80. The van der Waals surface area contributed by atoms with E-state index in [2.05, 4.69) is 5.32 Å². The summed E-state index contributed by atoms with van der Waals surface area (Å²) in [6.45, 7) is 0.678. The Morgan fingerprint density at radius 1 is 1.21 bits per heavy atom. The number of aliphatic hydroxyl groups excluding tert-OH is 3. The lowest BCUT2D eigenvalue weighted by Crippen LogP contribution is -2.38. The Kier molecular flexibility index (Phi) is 5.15. The van der Waals surface area contributed by atoms with E-state index in [1.807, 2.05) is 18.2 Å². The summed E-state index contributed by atoms with van der Waals surface area (Å²) < 4.78 is 5.36. The monoisotopic (exact) mass is 287 g/mol. The highest BCUT2D eigenvalue weighted by Gasteiger charge is 2.41. The lowest BCUT2D eigenvalue weighted by Gasteiger charge is -2.15. The first kappa shape index (κ1) is 14.7. The second kappa shape index (κ2) is 6.65. The van der Waals surface area contributed by atoms with Crippen LogP contribution in [0, 0.1) is 0 Å². The van der Waals surface area contributed by atoms with Crippen LogP contribution in [0.3, 0.4) is 0 Å². The molecule has 0 aliphatic carbocycles. The van der Waals surface area contributed by atoms with E-state index in [4.69, 9.17) is 21.4 Å². The lowest BCUT2D eigenvalue weighted by atomic mass is 10.1. The van der Waals surface area contributed by atoms with Gasteiger partial charge < -0.3 is 25.4 Å². The molecule has 1 fully saturated rings. The maximum atomic E-state index is 9.75. The van der Waals surface area contributed by atoms with E-state index in [-0.39, 0.29) is 6.61 Å². The van der Waals surface area contributed by atoms with Crippen LogP contribution >= 0.6 is 11.6 Å². The molecule has 0 radical (unpaired) electrons. The number of halogens is 1. The summed E-state index contributed by atoms with van der Waals surface area (Å²) in [5.74, 6) is 0. The van der Waals surface area contributed by atoms with E-state index in [1.54, 1.807) is 6.07 Å². The summed E-state index contributed by atoms with van der Waals surface area (Å²) in [5.41, 5.74) is 1.03. The predicted molar refractivity (Wildman–Crippen MR) is 70.9 cm³/mol. The third kappa shape index (κ3) is 3.66. The summed E-state index contributed by atoms with van der Waals surface area (Å²) in [7, 11) is 0. The summed E-state index contributed by atoms with van der Waals surface area (Å²) >= 11 is 5.88. The topological polar surface area (TPSA) is 82.0 Å². The fraction of sp³-hybridized carbons (Fsp3) is 0.538. The molecule has 1 saturated heterocycles. The minimum Gasteiger partial charge on any atom is -0.394 e. The molecule has 0 bridgehead atoms. The Labute approximate surface area is 116 Å². The fourth-order valence-electron chi connectivity index (χ4n) is 2.15. The van der Waals surface area contributed by atoms with Gasteiger partial charge in [-0.25, -0.2) is 0 Å². The van der Waals surface area contributed by atoms with Crippen molar-refractivity contribution in [3.8, 4) is 0 Å². The molecule has 1 aromatic carbocycles. The number of hydrogen-bond acceptors (Lipinski definition) is 5. The highest BCUT2D eigenvalue weighted by molar-refractivity contribution is 6.30. The van der Waals surface area contributed by atoms with Crippen molar-refractivity contribution in [3.05, 3.63) is 34.9 Å². The molecule has 4 atom stereocenters. The predicted octanol–water partition coefficient (Wildman–Crippen LogP) is -0.0889. The number of ether oxygens (including phenoxy) is 1. The zero-order valence-electron chi connectivity index (χ0n) is 10.4. The van der Waals surface area contributed by atoms with Crippen molar-refractivity contribution in [2.45, 2.75) is 31.0 Å². The standard InChI is InChI=1S/C13H18ClNO4/c14-9-3-1-2-8(4-9)5-15-6-10-12(17)13(18)11(7-16)19-10/h1-4,10-13,15-18H,5-7H2/t10-,11-,12-,13-/m1/s1. The van der Waals surface area contributed by atoms with Crippen LogP contribution in [-0.2, 0) is 11.3 Å². The van der Waals surface area contributed by atoms with Gasteiger partial charge in [-0.05, 0) is 17.7 Å². The first-order valence-corrected chi connectivity index (χ1v) is 6.57. The molecule has 1 aromatic rings. The largest absolute Gasteiger partial charge is 0.394 e. The van der Waals surface area contributed by atoms with Crippen molar-refractivity contribution in [2.24, 2.45) is 0 Å². The van der Waals surface area contributed by atoms with Crippen molar-refractivity contribution < 1.29 is 20.1 Å². The number of hydrogen-bond donors (Lipinski definition) is 4. The summed E-state index contributed by atoms with van der Waals surface area (Å²) in [6, 6.07) is 7.46. The lowest BCUT2D eigenvalue weighted by molar-refractivity contribution is -0.0213. The van der Waals surface area contributed by atoms with Gasteiger partial charge in [-0.3, -0.25) is 0 Å². The van der Waals surface area contributed by atoms with Gasteiger partial charge in [0.05, 0.1) is 12.7 Å². The molecule has 0 spiro atoms. The van der Waals surface area contributed by atoms with Crippen molar-refractivity contribution in [1.29, 1.82) is 0 Å². The summed E-state index contributed by atoms with van der Waals surface area (Å²) in [6.07, 6.45) is -3.26. The van der Waals surface area contributed by atoms with Crippen LogP contribution in [0.1, 0.15) is 5.56 Å². The van der Waals surface area contributed by atoms with Gasteiger partial charge in [-0.2, -0.15) is 0 Å². The number of benzene rings is 1. The SMILES string of the molecule is OC[C@H]1O[C@H](CNCc2cccc(Cl)c2)[C@@H](O)[C@@H]1O. The minimum atomic E-state index is -1.04. The molecular formula is C13H18ClNO4. The van der Waals surface area contributed by atoms with E-state index >= 15 is 0 Å². The van der Waals surface area contributed by atoms with E-state index in [0.29, 0.717) is 18.1 Å². The molecule has 0 unspecified atom stereocenters.